The second-order valence-electron chi connectivity index (χ2n) is 5.45. The summed E-state index contributed by atoms with van der Waals surface area (Å²) in [4.78, 5) is 3.91. The first-order valence-electron chi connectivity index (χ1n) is 7.34. The number of morpholine rings is 1. The first kappa shape index (κ1) is 15.0. The average molecular weight is 282 g/mol. The minimum Gasteiger partial charge on any atom is -0.374 e. The SMILES string of the molecule is CCCNC(c1cccs1)C1CN(C(C)C)CCO1. The summed E-state index contributed by atoms with van der Waals surface area (Å²) in [6.07, 6.45) is 1.42. The minimum absolute atomic E-state index is 0.265. The van der Waals surface area contributed by atoms with E-state index in [-0.39, 0.29) is 6.10 Å². The lowest BCUT2D eigenvalue weighted by Crippen LogP contribution is -2.50. The predicted molar refractivity (Wildman–Crippen MR) is 81.8 cm³/mol. The van der Waals surface area contributed by atoms with Gasteiger partial charge < -0.3 is 10.1 Å². The van der Waals surface area contributed by atoms with Gasteiger partial charge in [-0.2, -0.15) is 0 Å². The molecule has 0 amide bonds. The standard InChI is InChI=1S/C15H26N2OS/c1-4-7-16-15(14-6-5-10-19-14)13-11-17(12(2)3)8-9-18-13/h5-6,10,12-13,15-16H,4,7-9,11H2,1-3H3. The molecular formula is C15H26N2OS. The Morgan fingerprint density at radius 3 is 3.00 bits per heavy atom. The van der Waals surface area contributed by atoms with Crippen LogP contribution in [-0.4, -0.2) is 43.3 Å². The number of hydrogen-bond donors (Lipinski definition) is 1. The van der Waals surface area contributed by atoms with Gasteiger partial charge in [-0.3, -0.25) is 4.90 Å². The lowest BCUT2D eigenvalue weighted by molar-refractivity contribution is -0.0555. The maximum Gasteiger partial charge on any atom is 0.0905 e. The van der Waals surface area contributed by atoms with Gasteiger partial charge in [0.2, 0.25) is 0 Å². The summed E-state index contributed by atoms with van der Waals surface area (Å²) >= 11 is 1.82. The molecule has 19 heavy (non-hydrogen) atoms. The first-order valence-corrected chi connectivity index (χ1v) is 8.22. The molecule has 1 saturated heterocycles. The predicted octanol–water partition coefficient (Wildman–Crippen LogP) is 2.90. The fraction of sp³-hybridized carbons (Fsp3) is 0.733. The van der Waals surface area contributed by atoms with Gasteiger partial charge in [-0.15, -0.1) is 11.3 Å². The zero-order chi connectivity index (χ0) is 13.7. The third kappa shape index (κ3) is 4.02. The van der Waals surface area contributed by atoms with E-state index < -0.39 is 0 Å². The van der Waals surface area contributed by atoms with E-state index in [1.165, 1.54) is 4.88 Å². The Balaban J connectivity index is 2.05. The minimum atomic E-state index is 0.265. The Morgan fingerprint density at radius 2 is 2.37 bits per heavy atom. The molecule has 0 aliphatic carbocycles. The molecule has 2 unspecified atom stereocenters. The summed E-state index contributed by atoms with van der Waals surface area (Å²) in [6.45, 7) is 10.7. The van der Waals surface area contributed by atoms with E-state index in [2.05, 4.69) is 48.5 Å². The molecule has 3 nitrogen and oxygen atoms in total. The van der Waals surface area contributed by atoms with Crippen LogP contribution in [0.2, 0.25) is 0 Å². The number of thiophene rings is 1. The third-order valence-corrected chi connectivity index (χ3v) is 4.65. The van der Waals surface area contributed by atoms with Crippen LogP contribution in [0.25, 0.3) is 0 Å². The van der Waals surface area contributed by atoms with Crippen molar-refractivity contribution in [3.63, 3.8) is 0 Å². The Bertz CT molecular complexity index is 353. The van der Waals surface area contributed by atoms with Gasteiger partial charge in [-0.05, 0) is 38.3 Å². The highest BCUT2D eigenvalue weighted by Gasteiger charge is 2.30. The van der Waals surface area contributed by atoms with Crippen LogP contribution in [0.3, 0.4) is 0 Å². The molecule has 1 aromatic rings. The molecule has 0 spiro atoms. The van der Waals surface area contributed by atoms with Gasteiger partial charge in [0.15, 0.2) is 0 Å². The van der Waals surface area contributed by atoms with Gasteiger partial charge in [0.25, 0.3) is 0 Å². The monoisotopic (exact) mass is 282 g/mol. The van der Waals surface area contributed by atoms with Crippen LogP contribution in [0.15, 0.2) is 17.5 Å². The van der Waals surface area contributed by atoms with Gasteiger partial charge in [0, 0.05) is 24.0 Å². The molecule has 4 heteroatoms. The van der Waals surface area contributed by atoms with Crippen LogP contribution < -0.4 is 5.32 Å². The van der Waals surface area contributed by atoms with Crippen molar-refractivity contribution in [2.75, 3.05) is 26.2 Å². The number of ether oxygens (including phenoxy) is 1. The highest BCUT2D eigenvalue weighted by Crippen LogP contribution is 2.26. The van der Waals surface area contributed by atoms with Gasteiger partial charge in [-0.25, -0.2) is 0 Å². The van der Waals surface area contributed by atoms with E-state index in [4.69, 9.17) is 4.74 Å². The first-order chi connectivity index (χ1) is 9.22. The summed E-state index contributed by atoms with van der Waals surface area (Å²) in [5.74, 6) is 0. The summed E-state index contributed by atoms with van der Waals surface area (Å²) in [6, 6.07) is 5.28. The Labute approximate surface area is 121 Å². The molecule has 0 aromatic carbocycles. The number of rotatable bonds is 6. The van der Waals surface area contributed by atoms with Crippen molar-refractivity contribution in [2.45, 2.75) is 45.4 Å². The van der Waals surface area contributed by atoms with Gasteiger partial charge >= 0.3 is 0 Å². The maximum atomic E-state index is 6.04. The molecule has 1 aliphatic rings. The van der Waals surface area contributed by atoms with E-state index >= 15 is 0 Å². The van der Waals surface area contributed by atoms with Crippen molar-refractivity contribution in [1.29, 1.82) is 0 Å². The van der Waals surface area contributed by atoms with Crippen molar-refractivity contribution < 1.29 is 4.74 Å². The lowest BCUT2D eigenvalue weighted by Gasteiger charge is -2.39. The molecule has 1 fully saturated rings. The summed E-state index contributed by atoms with van der Waals surface area (Å²) in [5.41, 5.74) is 0. The molecule has 0 bridgehead atoms. The van der Waals surface area contributed by atoms with E-state index in [0.717, 1.165) is 32.7 Å². The summed E-state index contributed by atoms with van der Waals surface area (Å²) < 4.78 is 6.04. The van der Waals surface area contributed by atoms with Crippen molar-refractivity contribution in [2.24, 2.45) is 0 Å². The fourth-order valence-corrected chi connectivity index (χ4v) is 3.40. The van der Waals surface area contributed by atoms with Crippen molar-refractivity contribution in [3.8, 4) is 0 Å². The van der Waals surface area contributed by atoms with Gasteiger partial charge in [0.1, 0.15) is 0 Å². The molecule has 2 heterocycles. The topological polar surface area (TPSA) is 24.5 Å². The largest absolute Gasteiger partial charge is 0.374 e. The van der Waals surface area contributed by atoms with Crippen LogP contribution in [-0.2, 0) is 4.74 Å². The highest BCUT2D eigenvalue weighted by atomic mass is 32.1. The van der Waals surface area contributed by atoms with Crippen LogP contribution in [0, 0.1) is 0 Å². The van der Waals surface area contributed by atoms with Crippen LogP contribution in [0.1, 0.15) is 38.1 Å². The number of nitrogens with zero attached hydrogens (tertiary/aromatic N) is 1. The quantitative estimate of drug-likeness (QED) is 0.868. The normalized spacial score (nSPS) is 22.8. The third-order valence-electron chi connectivity index (χ3n) is 3.69. The van der Waals surface area contributed by atoms with E-state index in [9.17, 15) is 0 Å². The Hall–Kier alpha value is -0.420. The van der Waals surface area contributed by atoms with Crippen LogP contribution >= 0.6 is 11.3 Å². The van der Waals surface area contributed by atoms with Gasteiger partial charge in [-0.1, -0.05) is 13.0 Å². The molecule has 1 N–H and O–H groups in total. The van der Waals surface area contributed by atoms with E-state index in [0.29, 0.717) is 12.1 Å². The summed E-state index contributed by atoms with van der Waals surface area (Å²) in [7, 11) is 0. The molecule has 1 aliphatic heterocycles. The fourth-order valence-electron chi connectivity index (χ4n) is 2.55. The van der Waals surface area contributed by atoms with Crippen molar-refractivity contribution in [1.82, 2.24) is 10.2 Å². The molecule has 108 valence electrons. The van der Waals surface area contributed by atoms with Gasteiger partial charge in [0.05, 0.1) is 18.8 Å². The Morgan fingerprint density at radius 1 is 1.53 bits per heavy atom. The molecule has 2 rings (SSSR count). The molecule has 1 aromatic heterocycles. The second-order valence-corrected chi connectivity index (χ2v) is 6.42. The van der Waals surface area contributed by atoms with Crippen LogP contribution in [0.4, 0.5) is 0 Å². The van der Waals surface area contributed by atoms with Crippen molar-refractivity contribution >= 4 is 11.3 Å². The molecular weight excluding hydrogens is 256 g/mol. The zero-order valence-electron chi connectivity index (χ0n) is 12.3. The molecule has 0 saturated carbocycles. The second kappa shape index (κ2) is 7.39. The zero-order valence-corrected chi connectivity index (χ0v) is 13.1. The smallest absolute Gasteiger partial charge is 0.0905 e. The average Bonchev–Trinajstić information content (AvgIpc) is 2.93. The van der Waals surface area contributed by atoms with E-state index in [1.54, 1.807) is 0 Å². The lowest BCUT2D eigenvalue weighted by atomic mass is 10.1. The Kier molecular flexibility index (Phi) is 5.82. The van der Waals surface area contributed by atoms with E-state index in [1.807, 2.05) is 11.3 Å². The number of hydrogen-bond acceptors (Lipinski definition) is 4. The summed E-state index contributed by atoms with van der Waals surface area (Å²) in [5, 5.41) is 5.81. The van der Waals surface area contributed by atoms with Crippen LogP contribution in [0.5, 0.6) is 0 Å². The molecule has 0 radical (unpaired) electrons. The maximum absolute atomic E-state index is 6.04. The molecule has 2 atom stereocenters. The highest BCUT2D eigenvalue weighted by molar-refractivity contribution is 7.10. The number of nitrogens with one attached hydrogen (secondary N) is 1. The van der Waals surface area contributed by atoms with Crippen molar-refractivity contribution in [3.05, 3.63) is 22.4 Å².